The zero-order valence-electron chi connectivity index (χ0n) is 21.2. The smallest absolute Gasteiger partial charge is 0.261 e. The van der Waals surface area contributed by atoms with Crippen molar-refractivity contribution in [1.82, 2.24) is 10.2 Å². The van der Waals surface area contributed by atoms with Crippen LogP contribution >= 0.6 is 0 Å². The molecule has 2 aromatic carbocycles. The molecule has 5 nitrogen and oxygen atoms in total. The van der Waals surface area contributed by atoms with E-state index in [1.807, 2.05) is 56.3 Å². The Morgan fingerprint density at radius 2 is 1.79 bits per heavy atom. The van der Waals surface area contributed by atoms with Gasteiger partial charge in [-0.1, -0.05) is 88.1 Å². The molecule has 1 saturated carbocycles. The molecule has 1 fully saturated rings. The number of benzene rings is 2. The number of hydrogen-bond donors (Lipinski definition) is 1. The Morgan fingerprint density at radius 3 is 2.47 bits per heavy atom. The Morgan fingerprint density at radius 1 is 1.06 bits per heavy atom. The largest absolute Gasteiger partial charge is 0.483 e. The molecule has 2 amide bonds. The van der Waals surface area contributed by atoms with E-state index in [1.165, 1.54) is 6.42 Å². The van der Waals surface area contributed by atoms with Crippen molar-refractivity contribution in [3.8, 4) is 5.75 Å². The number of rotatable bonds is 10. The molecular weight excluding hydrogens is 424 g/mol. The van der Waals surface area contributed by atoms with Crippen LogP contribution < -0.4 is 10.1 Å². The highest BCUT2D eigenvalue weighted by Crippen LogP contribution is 2.26. The summed E-state index contributed by atoms with van der Waals surface area (Å²) in [6.07, 6.45) is 6.12. The van der Waals surface area contributed by atoms with E-state index >= 15 is 0 Å². The molecule has 0 saturated heterocycles. The minimum absolute atomic E-state index is 0.0574. The summed E-state index contributed by atoms with van der Waals surface area (Å²) in [6.45, 7) is 8.51. The van der Waals surface area contributed by atoms with Gasteiger partial charge in [0, 0.05) is 12.6 Å². The average Bonchev–Trinajstić information content (AvgIpc) is 2.83. The molecular formula is C29H40N2O3. The van der Waals surface area contributed by atoms with Gasteiger partial charge in [0.25, 0.3) is 5.91 Å². The first-order chi connectivity index (χ1) is 16.4. The molecule has 0 spiro atoms. The van der Waals surface area contributed by atoms with Crippen LogP contribution in [0, 0.1) is 6.92 Å². The van der Waals surface area contributed by atoms with E-state index in [4.69, 9.17) is 4.74 Å². The summed E-state index contributed by atoms with van der Waals surface area (Å²) in [5.74, 6) is 0.782. The number of carbonyl (C=O) groups is 2. The number of nitrogens with one attached hydrogen (secondary N) is 1. The Bertz CT molecular complexity index is 950. The summed E-state index contributed by atoms with van der Waals surface area (Å²) in [5, 5.41) is 3.23. The lowest BCUT2D eigenvalue weighted by Crippen LogP contribution is -2.52. The minimum atomic E-state index is -0.529. The van der Waals surface area contributed by atoms with Crippen molar-refractivity contribution in [2.75, 3.05) is 6.61 Å². The fourth-order valence-corrected chi connectivity index (χ4v) is 4.78. The standard InChI is InChI=1S/C29H40N2O3/c1-5-26(29(33)30-24-14-7-6-8-15-24)31(19-23-13-11-12-22(4)18-23)28(32)20-34-27-17-10-9-16-25(27)21(2)3/h9-13,16-18,21,24,26H,5-8,14-15,19-20H2,1-4H3,(H,30,33)/t26-/m1/s1. The van der Waals surface area contributed by atoms with Crippen LogP contribution in [0.5, 0.6) is 5.75 Å². The fourth-order valence-electron chi connectivity index (χ4n) is 4.78. The fraction of sp³-hybridized carbons (Fsp3) is 0.517. The maximum Gasteiger partial charge on any atom is 0.261 e. The Labute approximate surface area is 204 Å². The molecule has 0 bridgehead atoms. The van der Waals surface area contributed by atoms with E-state index in [0.717, 1.165) is 48.1 Å². The Kier molecular flexibility index (Phi) is 9.55. The van der Waals surface area contributed by atoms with Gasteiger partial charge in [0.2, 0.25) is 5.91 Å². The molecule has 0 heterocycles. The SMILES string of the molecule is CC[C@H](C(=O)NC1CCCCC1)N(Cc1cccc(C)c1)C(=O)COc1ccccc1C(C)C. The second kappa shape index (κ2) is 12.6. The van der Waals surface area contributed by atoms with Crippen LogP contribution in [0.15, 0.2) is 48.5 Å². The second-order valence-electron chi connectivity index (χ2n) is 9.76. The average molecular weight is 465 g/mol. The topological polar surface area (TPSA) is 58.6 Å². The molecule has 1 atom stereocenters. The van der Waals surface area contributed by atoms with E-state index in [1.54, 1.807) is 4.90 Å². The molecule has 2 aromatic rings. The molecule has 0 radical (unpaired) electrons. The number of nitrogens with zero attached hydrogens (tertiary/aromatic N) is 1. The summed E-state index contributed by atoms with van der Waals surface area (Å²) in [5.41, 5.74) is 3.22. The maximum absolute atomic E-state index is 13.5. The molecule has 184 valence electrons. The van der Waals surface area contributed by atoms with Crippen molar-refractivity contribution in [1.29, 1.82) is 0 Å². The molecule has 5 heteroatoms. The zero-order chi connectivity index (χ0) is 24.5. The van der Waals surface area contributed by atoms with E-state index in [-0.39, 0.29) is 24.5 Å². The van der Waals surface area contributed by atoms with Crippen LogP contribution in [0.25, 0.3) is 0 Å². The minimum Gasteiger partial charge on any atom is -0.483 e. The first-order valence-electron chi connectivity index (χ1n) is 12.8. The van der Waals surface area contributed by atoms with Crippen LogP contribution in [-0.2, 0) is 16.1 Å². The Balaban J connectivity index is 1.78. The van der Waals surface area contributed by atoms with Crippen LogP contribution in [0.4, 0.5) is 0 Å². The lowest BCUT2D eigenvalue weighted by Gasteiger charge is -2.33. The molecule has 1 aliphatic rings. The van der Waals surface area contributed by atoms with Crippen molar-refractivity contribution in [3.63, 3.8) is 0 Å². The third-order valence-corrected chi connectivity index (χ3v) is 6.67. The first kappa shape index (κ1) is 25.8. The van der Waals surface area contributed by atoms with Gasteiger partial charge >= 0.3 is 0 Å². The van der Waals surface area contributed by atoms with E-state index in [2.05, 4.69) is 25.2 Å². The number of aryl methyl sites for hydroxylation is 1. The van der Waals surface area contributed by atoms with Gasteiger partial charge in [-0.15, -0.1) is 0 Å². The van der Waals surface area contributed by atoms with Crippen LogP contribution in [0.2, 0.25) is 0 Å². The molecule has 0 aliphatic heterocycles. The quantitative estimate of drug-likeness (QED) is 0.487. The number of carbonyl (C=O) groups excluding carboxylic acids is 2. The highest BCUT2D eigenvalue weighted by molar-refractivity contribution is 5.88. The van der Waals surface area contributed by atoms with Crippen molar-refractivity contribution in [3.05, 3.63) is 65.2 Å². The second-order valence-corrected chi connectivity index (χ2v) is 9.76. The lowest BCUT2D eigenvalue weighted by molar-refractivity contribution is -0.143. The molecule has 0 unspecified atom stereocenters. The molecule has 34 heavy (non-hydrogen) atoms. The monoisotopic (exact) mass is 464 g/mol. The number of amides is 2. The number of hydrogen-bond acceptors (Lipinski definition) is 3. The van der Waals surface area contributed by atoms with Gasteiger partial charge in [-0.3, -0.25) is 9.59 Å². The van der Waals surface area contributed by atoms with Crippen molar-refractivity contribution in [2.45, 2.75) is 90.8 Å². The predicted molar refractivity (Wildman–Crippen MR) is 137 cm³/mol. The van der Waals surface area contributed by atoms with Gasteiger partial charge in [-0.25, -0.2) is 0 Å². The van der Waals surface area contributed by atoms with E-state index < -0.39 is 6.04 Å². The van der Waals surface area contributed by atoms with Gasteiger partial charge in [-0.2, -0.15) is 0 Å². The first-order valence-corrected chi connectivity index (χ1v) is 12.8. The summed E-state index contributed by atoms with van der Waals surface area (Å²) < 4.78 is 6.00. The third-order valence-electron chi connectivity index (χ3n) is 6.67. The maximum atomic E-state index is 13.5. The van der Waals surface area contributed by atoms with Gasteiger partial charge in [0.1, 0.15) is 11.8 Å². The van der Waals surface area contributed by atoms with Crippen LogP contribution in [0.3, 0.4) is 0 Å². The highest BCUT2D eigenvalue weighted by atomic mass is 16.5. The van der Waals surface area contributed by atoms with Crippen LogP contribution in [0.1, 0.15) is 81.9 Å². The zero-order valence-corrected chi connectivity index (χ0v) is 21.2. The van der Waals surface area contributed by atoms with Gasteiger partial charge in [-0.05, 0) is 49.3 Å². The van der Waals surface area contributed by atoms with Gasteiger partial charge in [0.15, 0.2) is 6.61 Å². The number of ether oxygens (including phenoxy) is 1. The van der Waals surface area contributed by atoms with Crippen molar-refractivity contribution in [2.24, 2.45) is 0 Å². The molecule has 0 aromatic heterocycles. The highest BCUT2D eigenvalue weighted by Gasteiger charge is 2.30. The lowest BCUT2D eigenvalue weighted by atomic mass is 9.95. The van der Waals surface area contributed by atoms with E-state index in [9.17, 15) is 9.59 Å². The Hall–Kier alpha value is -2.82. The third kappa shape index (κ3) is 7.09. The van der Waals surface area contributed by atoms with Crippen LogP contribution in [-0.4, -0.2) is 35.4 Å². The van der Waals surface area contributed by atoms with Gasteiger partial charge in [0.05, 0.1) is 0 Å². The predicted octanol–water partition coefficient (Wildman–Crippen LogP) is 5.75. The number of para-hydroxylation sites is 1. The van der Waals surface area contributed by atoms with E-state index in [0.29, 0.717) is 18.9 Å². The normalized spacial score (nSPS) is 15.1. The molecule has 1 N–H and O–H groups in total. The summed E-state index contributed by atoms with van der Waals surface area (Å²) in [4.78, 5) is 28.5. The molecule has 3 rings (SSSR count). The summed E-state index contributed by atoms with van der Waals surface area (Å²) in [7, 11) is 0. The van der Waals surface area contributed by atoms with Crippen molar-refractivity contribution < 1.29 is 14.3 Å². The molecule has 1 aliphatic carbocycles. The summed E-state index contributed by atoms with van der Waals surface area (Å²) >= 11 is 0. The van der Waals surface area contributed by atoms with Gasteiger partial charge < -0.3 is 15.0 Å². The van der Waals surface area contributed by atoms with Crippen molar-refractivity contribution >= 4 is 11.8 Å². The summed E-state index contributed by atoms with van der Waals surface area (Å²) in [6, 6.07) is 15.6.